The van der Waals surface area contributed by atoms with Crippen molar-refractivity contribution in [2.45, 2.75) is 6.61 Å². The quantitative estimate of drug-likeness (QED) is 0.386. The van der Waals surface area contributed by atoms with Crippen molar-refractivity contribution in [2.24, 2.45) is 0 Å². The number of carbonyl (C=O) groups is 3. The number of rotatable bonds is 5. The van der Waals surface area contributed by atoms with Gasteiger partial charge in [-0.3, -0.25) is 14.9 Å². The molecular formula is C24H15BrF2N2O4. The first-order valence-corrected chi connectivity index (χ1v) is 10.5. The molecule has 33 heavy (non-hydrogen) atoms. The monoisotopic (exact) mass is 512 g/mol. The van der Waals surface area contributed by atoms with Gasteiger partial charge in [0.25, 0.3) is 11.8 Å². The number of hydrogen-bond acceptors (Lipinski definition) is 4. The molecule has 1 aliphatic heterocycles. The topological polar surface area (TPSA) is 75.7 Å². The second-order valence-corrected chi connectivity index (χ2v) is 7.89. The highest BCUT2D eigenvalue weighted by Gasteiger charge is 2.38. The summed E-state index contributed by atoms with van der Waals surface area (Å²) in [5.41, 5.74) is -0.0424. The molecule has 166 valence electrons. The van der Waals surface area contributed by atoms with E-state index < -0.39 is 35.1 Å². The van der Waals surface area contributed by atoms with Gasteiger partial charge in [0, 0.05) is 15.6 Å². The molecule has 0 aliphatic carbocycles. The summed E-state index contributed by atoms with van der Waals surface area (Å²) >= 11 is 3.32. The zero-order chi connectivity index (χ0) is 23.5. The highest BCUT2D eigenvalue weighted by atomic mass is 79.9. The molecule has 3 aromatic carbocycles. The third-order valence-electron chi connectivity index (χ3n) is 4.81. The van der Waals surface area contributed by atoms with Crippen LogP contribution >= 0.6 is 15.9 Å². The highest BCUT2D eigenvalue weighted by Crippen LogP contribution is 2.29. The average Bonchev–Trinajstić information content (AvgIpc) is 2.78. The molecule has 0 aromatic heterocycles. The molecule has 3 aromatic rings. The number of carbonyl (C=O) groups excluding carboxylic acids is 3. The van der Waals surface area contributed by atoms with Gasteiger partial charge in [0.05, 0.1) is 5.69 Å². The molecule has 0 atom stereocenters. The maximum absolute atomic E-state index is 14.2. The first-order valence-electron chi connectivity index (χ1n) is 9.67. The number of para-hydroxylation sites is 1. The third kappa shape index (κ3) is 4.68. The molecule has 1 N–H and O–H groups in total. The van der Waals surface area contributed by atoms with Crippen molar-refractivity contribution in [3.63, 3.8) is 0 Å². The summed E-state index contributed by atoms with van der Waals surface area (Å²) in [6.45, 7) is -0.0928. The fourth-order valence-corrected chi connectivity index (χ4v) is 3.58. The number of imide groups is 2. The average molecular weight is 513 g/mol. The van der Waals surface area contributed by atoms with Crippen LogP contribution in [0.5, 0.6) is 5.75 Å². The summed E-state index contributed by atoms with van der Waals surface area (Å²) in [6, 6.07) is 15.1. The maximum atomic E-state index is 14.2. The molecule has 1 aliphatic rings. The largest absolute Gasteiger partial charge is 0.488 e. The molecule has 0 unspecified atom stereocenters. The molecule has 4 rings (SSSR count). The smallest absolute Gasteiger partial charge is 0.336 e. The molecule has 1 saturated heterocycles. The van der Waals surface area contributed by atoms with E-state index in [9.17, 15) is 23.2 Å². The van der Waals surface area contributed by atoms with Gasteiger partial charge in [-0.05, 0) is 42.5 Å². The van der Waals surface area contributed by atoms with Crippen LogP contribution in [0.1, 0.15) is 11.1 Å². The second kappa shape index (κ2) is 9.33. The van der Waals surface area contributed by atoms with Crippen LogP contribution in [-0.2, 0) is 16.2 Å². The van der Waals surface area contributed by atoms with Gasteiger partial charge < -0.3 is 4.74 Å². The number of ether oxygens (including phenoxy) is 1. The van der Waals surface area contributed by atoms with E-state index in [4.69, 9.17) is 4.74 Å². The van der Waals surface area contributed by atoms with Crippen molar-refractivity contribution in [2.75, 3.05) is 4.90 Å². The first-order chi connectivity index (χ1) is 15.8. The normalized spacial score (nSPS) is 15.1. The van der Waals surface area contributed by atoms with Gasteiger partial charge in [-0.1, -0.05) is 46.3 Å². The lowest BCUT2D eigenvalue weighted by Gasteiger charge is -2.26. The highest BCUT2D eigenvalue weighted by molar-refractivity contribution is 9.10. The molecule has 0 saturated carbocycles. The number of nitrogens with zero attached hydrogens (tertiary/aromatic N) is 1. The molecule has 4 amide bonds. The fourth-order valence-electron chi connectivity index (χ4n) is 3.20. The van der Waals surface area contributed by atoms with Gasteiger partial charge in [0.15, 0.2) is 0 Å². The van der Waals surface area contributed by atoms with E-state index >= 15 is 0 Å². The van der Waals surface area contributed by atoms with Gasteiger partial charge in [-0.25, -0.2) is 18.5 Å². The summed E-state index contributed by atoms with van der Waals surface area (Å²) in [4.78, 5) is 38.3. The summed E-state index contributed by atoms with van der Waals surface area (Å²) in [7, 11) is 0. The van der Waals surface area contributed by atoms with E-state index in [1.54, 1.807) is 36.4 Å². The minimum Gasteiger partial charge on any atom is -0.488 e. The van der Waals surface area contributed by atoms with Gasteiger partial charge in [-0.15, -0.1) is 0 Å². The van der Waals surface area contributed by atoms with Crippen LogP contribution < -0.4 is 15.0 Å². The van der Waals surface area contributed by atoms with E-state index in [-0.39, 0.29) is 18.0 Å². The standard InChI is InChI=1S/C24H15BrF2N2O4/c25-16-9-10-21(33-13-14-5-1-2-6-18(14)26)15(11-16)12-17-22(30)28-24(32)29(23(17)31)20-8-4-3-7-19(20)27/h1-12H,13H2,(H,28,30,32)/b17-12-. The number of amides is 4. The number of barbiturate groups is 1. The van der Waals surface area contributed by atoms with Crippen molar-refractivity contribution < 1.29 is 27.9 Å². The lowest BCUT2D eigenvalue weighted by Crippen LogP contribution is -2.54. The van der Waals surface area contributed by atoms with Gasteiger partial charge in [0.2, 0.25) is 0 Å². The Morgan fingerprint density at radius 2 is 1.64 bits per heavy atom. The van der Waals surface area contributed by atoms with Gasteiger partial charge in [0.1, 0.15) is 29.6 Å². The van der Waals surface area contributed by atoms with Crippen molar-refractivity contribution in [1.29, 1.82) is 0 Å². The van der Waals surface area contributed by atoms with Crippen LogP contribution in [0.2, 0.25) is 0 Å². The molecule has 0 bridgehead atoms. The summed E-state index contributed by atoms with van der Waals surface area (Å²) in [6.07, 6.45) is 1.24. The van der Waals surface area contributed by atoms with Gasteiger partial charge >= 0.3 is 6.03 Å². The fraction of sp³-hybridized carbons (Fsp3) is 0.0417. The third-order valence-corrected chi connectivity index (χ3v) is 5.30. The van der Waals surface area contributed by atoms with Crippen molar-refractivity contribution >= 4 is 45.5 Å². The lowest BCUT2D eigenvalue weighted by molar-refractivity contribution is -0.122. The van der Waals surface area contributed by atoms with Crippen LogP contribution in [0.25, 0.3) is 6.08 Å². The Morgan fingerprint density at radius 1 is 0.939 bits per heavy atom. The Kier molecular flexibility index (Phi) is 6.32. The van der Waals surface area contributed by atoms with E-state index in [0.29, 0.717) is 20.5 Å². The zero-order valence-corrected chi connectivity index (χ0v) is 18.4. The number of halogens is 3. The number of hydrogen-bond donors (Lipinski definition) is 1. The van der Waals surface area contributed by atoms with Crippen molar-refractivity contribution in [1.82, 2.24) is 5.32 Å². The van der Waals surface area contributed by atoms with Crippen molar-refractivity contribution in [3.05, 3.63) is 99.5 Å². The Balaban J connectivity index is 1.70. The number of anilines is 1. The van der Waals surface area contributed by atoms with E-state index in [1.807, 2.05) is 5.32 Å². The Hall–Kier alpha value is -3.85. The molecule has 6 nitrogen and oxygen atoms in total. The first kappa shape index (κ1) is 22.3. The van der Waals surface area contributed by atoms with Crippen molar-refractivity contribution in [3.8, 4) is 5.75 Å². The predicted octanol–water partition coefficient (Wildman–Crippen LogP) is 4.97. The van der Waals surface area contributed by atoms with Crippen LogP contribution in [-0.4, -0.2) is 17.8 Å². The molecule has 9 heteroatoms. The van der Waals surface area contributed by atoms with E-state index in [0.717, 1.165) is 6.07 Å². The SMILES string of the molecule is O=C1NC(=O)N(c2ccccc2F)C(=O)/C1=C\c1cc(Br)ccc1OCc1ccccc1F. The summed E-state index contributed by atoms with van der Waals surface area (Å²) in [5, 5.41) is 2.05. The molecule has 1 heterocycles. The Morgan fingerprint density at radius 3 is 2.36 bits per heavy atom. The second-order valence-electron chi connectivity index (χ2n) is 6.97. The van der Waals surface area contributed by atoms with Crippen LogP contribution in [0.4, 0.5) is 19.3 Å². The van der Waals surface area contributed by atoms with Crippen LogP contribution in [0, 0.1) is 11.6 Å². The summed E-state index contributed by atoms with van der Waals surface area (Å²) in [5.74, 6) is -2.89. The van der Waals surface area contributed by atoms with E-state index in [2.05, 4.69) is 15.9 Å². The summed E-state index contributed by atoms with van der Waals surface area (Å²) < 4.78 is 34.5. The Labute approximate surface area is 195 Å². The number of urea groups is 1. The number of nitrogens with one attached hydrogen (secondary N) is 1. The molecule has 0 radical (unpaired) electrons. The zero-order valence-electron chi connectivity index (χ0n) is 16.8. The van der Waals surface area contributed by atoms with Crippen LogP contribution in [0.15, 0.2) is 76.8 Å². The molecular weight excluding hydrogens is 498 g/mol. The minimum atomic E-state index is -1.06. The maximum Gasteiger partial charge on any atom is 0.336 e. The minimum absolute atomic E-state index is 0.0928. The van der Waals surface area contributed by atoms with Crippen LogP contribution in [0.3, 0.4) is 0 Å². The molecule has 1 fully saturated rings. The predicted molar refractivity (Wildman–Crippen MR) is 120 cm³/mol. The van der Waals surface area contributed by atoms with Gasteiger partial charge in [-0.2, -0.15) is 0 Å². The molecule has 0 spiro atoms. The Bertz CT molecular complexity index is 1310. The lowest BCUT2D eigenvalue weighted by atomic mass is 10.1. The number of benzene rings is 3. The van der Waals surface area contributed by atoms with E-state index in [1.165, 1.54) is 30.3 Å².